The molecule has 0 N–H and O–H groups in total. The molecule has 0 radical (unpaired) electrons. The molecular weight excluding hydrogens is 316 g/mol. The Morgan fingerprint density at radius 2 is 2.00 bits per heavy atom. The molecule has 0 saturated heterocycles. The van der Waals surface area contributed by atoms with Gasteiger partial charge in [0.2, 0.25) is 0 Å². The summed E-state index contributed by atoms with van der Waals surface area (Å²) >= 11 is 0. The van der Waals surface area contributed by atoms with Crippen molar-refractivity contribution in [3.8, 4) is 5.75 Å². The Kier molecular flexibility index (Phi) is 5.14. The Morgan fingerprint density at radius 3 is 2.76 bits per heavy atom. The number of aryl methyl sites for hydroxylation is 2. The third-order valence-electron chi connectivity index (χ3n) is 3.85. The summed E-state index contributed by atoms with van der Waals surface area (Å²) in [6.07, 6.45) is 2.98. The number of ether oxygens (including phenoxy) is 1. The number of oxazole rings is 1. The van der Waals surface area contributed by atoms with E-state index in [-0.39, 0.29) is 0 Å². The van der Waals surface area contributed by atoms with Crippen LogP contribution in [0.25, 0.3) is 0 Å². The van der Waals surface area contributed by atoms with Crippen LogP contribution in [0.2, 0.25) is 0 Å². The van der Waals surface area contributed by atoms with Crippen LogP contribution >= 0.6 is 0 Å². The molecule has 3 rings (SSSR count). The lowest BCUT2D eigenvalue weighted by Gasteiger charge is -2.13. The van der Waals surface area contributed by atoms with Gasteiger partial charge in [0.15, 0.2) is 17.9 Å². The summed E-state index contributed by atoms with van der Waals surface area (Å²) in [5, 5.41) is 4.11. The van der Waals surface area contributed by atoms with Crippen molar-refractivity contribution in [1.82, 2.24) is 4.98 Å². The van der Waals surface area contributed by atoms with Gasteiger partial charge in [0.25, 0.3) is 0 Å². The second-order valence-corrected chi connectivity index (χ2v) is 5.70. The van der Waals surface area contributed by atoms with Crippen molar-refractivity contribution in [3.05, 3.63) is 83.1 Å². The molecule has 3 aromatic rings. The second kappa shape index (κ2) is 7.66. The summed E-state index contributed by atoms with van der Waals surface area (Å²) in [6, 6.07) is 14.0. The van der Waals surface area contributed by atoms with Crippen molar-refractivity contribution in [3.63, 3.8) is 0 Å². The lowest BCUT2D eigenvalue weighted by atomic mass is 10.0. The minimum absolute atomic E-state index is 0.414. The van der Waals surface area contributed by atoms with Gasteiger partial charge in [0.1, 0.15) is 19.5 Å². The third-order valence-corrected chi connectivity index (χ3v) is 3.85. The molecule has 0 spiro atoms. The zero-order valence-electron chi connectivity index (χ0n) is 14.5. The van der Waals surface area contributed by atoms with Crippen LogP contribution in [0.4, 0.5) is 0 Å². The van der Waals surface area contributed by atoms with E-state index in [9.17, 15) is 0 Å². The van der Waals surface area contributed by atoms with Gasteiger partial charge in [-0.25, -0.2) is 4.98 Å². The van der Waals surface area contributed by atoms with Gasteiger partial charge < -0.3 is 14.0 Å². The number of aromatic nitrogens is 1. The van der Waals surface area contributed by atoms with Crippen molar-refractivity contribution >= 4 is 5.71 Å². The lowest BCUT2D eigenvalue weighted by Crippen LogP contribution is -2.09. The SMILES string of the molecule is CO/N=C(\c1cnco1)c1ccccc1COc1cc(C)ccc1C. The summed E-state index contributed by atoms with van der Waals surface area (Å²) in [5.41, 5.74) is 4.71. The molecule has 1 heterocycles. The lowest BCUT2D eigenvalue weighted by molar-refractivity contribution is 0.213. The standard InChI is InChI=1S/C20H20N2O3/c1-14-8-9-15(2)18(10-14)24-12-16-6-4-5-7-17(16)20(22-23-3)19-11-21-13-25-19/h4-11,13H,12H2,1-3H3/b22-20-. The van der Waals surface area contributed by atoms with Gasteiger partial charge in [0.05, 0.1) is 6.20 Å². The van der Waals surface area contributed by atoms with E-state index in [1.54, 1.807) is 6.20 Å². The summed E-state index contributed by atoms with van der Waals surface area (Å²) in [7, 11) is 1.51. The molecule has 128 valence electrons. The molecule has 1 aromatic heterocycles. The predicted octanol–water partition coefficient (Wildman–Crippen LogP) is 4.27. The summed E-state index contributed by atoms with van der Waals surface area (Å²) in [5.74, 6) is 1.42. The Hall–Kier alpha value is -3.08. The molecule has 0 aliphatic rings. The number of hydrogen-bond acceptors (Lipinski definition) is 5. The molecular formula is C20H20N2O3. The minimum atomic E-state index is 0.414. The maximum absolute atomic E-state index is 6.05. The molecule has 5 nitrogen and oxygen atoms in total. The molecule has 0 unspecified atom stereocenters. The van der Waals surface area contributed by atoms with Crippen LogP contribution in [-0.4, -0.2) is 17.8 Å². The summed E-state index contributed by atoms with van der Waals surface area (Å²) < 4.78 is 11.4. The van der Waals surface area contributed by atoms with Gasteiger partial charge in [-0.3, -0.25) is 0 Å². The van der Waals surface area contributed by atoms with Crippen LogP contribution in [0.15, 0.2) is 64.6 Å². The van der Waals surface area contributed by atoms with Crippen LogP contribution in [0.3, 0.4) is 0 Å². The molecule has 0 amide bonds. The normalized spacial score (nSPS) is 11.4. The zero-order chi connectivity index (χ0) is 17.6. The average Bonchev–Trinajstić information content (AvgIpc) is 3.15. The van der Waals surface area contributed by atoms with Crippen LogP contribution < -0.4 is 4.74 Å². The van der Waals surface area contributed by atoms with E-state index in [0.717, 1.165) is 28.0 Å². The van der Waals surface area contributed by atoms with E-state index in [4.69, 9.17) is 14.0 Å². The van der Waals surface area contributed by atoms with Gasteiger partial charge in [-0.2, -0.15) is 0 Å². The van der Waals surface area contributed by atoms with E-state index in [2.05, 4.69) is 22.3 Å². The van der Waals surface area contributed by atoms with Crippen molar-refractivity contribution in [2.75, 3.05) is 7.11 Å². The molecule has 0 aliphatic carbocycles. The van der Waals surface area contributed by atoms with E-state index < -0.39 is 0 Å². The van der Waals surface area contributed by atoms with Crippen molar-refractivity contribution in [2.24, 2.45) is 5.16 Å². The highest BCUT2D eigenvalue weighted by Crippen LogP contribution is 2.22. The van der Waals surface area contributed by atoms with Crippen LogP contribution in [0.5, 0.6) is 5.75 Å². The Labute approximate surface area is 146 Å². The summed E-state index contributed by atoms with van der Waals surface area (Å²) in [6.45, 7) is 4.50. The highest BCUT2D eigenvalue weighted by Gasteiger charge is 2.16. The van der Waals surface area contributed by atoms with Crippen molar-refractivity contribution in [1.29, 1.82) is 0 Å². The van der Waals surface area contributed by atoms with Gasteiger partial charge in [-0.05, 0) is 36.6 Å². The number of rotatable bonds is 6. The number of hydrogen-bond donors (Lipinski definition) is 0. The largest absolute Gasteiger partial charge is 0.489 e. The highest BCUT2D eigenvalue weighted by atomic mass is 16.6. The highest BCUT2D eigenvalue weighted by molar-refractivity contribution is 6.11. The first-order valence-electron chi connectivity index (χ1n) is 7.97. The maximum Gasteiger partial charge on any atom is 0.181 e. The molecule has 0 saturated carbocycles. The Morgan fingerprint density at radius 1 is 1.16 bits per heavy atom. The molecule has 0 fully saturated rings. The smallest absolute Gasteiger partial charge is 0.181 e. The second-order valence-electron chi connectivity index (χ2n) is 5.70. The van der Waals surface area contributed by atoms with Crippen molar-refractivity contribution in [2.45, 2.75) is 20.5 Å². The van der Waals surface area contributed by atoms with Gasteiger partial charge >= 0.3 is 0 Å². The number of benzene rings is 2. The first-order chi connectivity index (χ1) is 12.2. The van der Waals surface area contributed by atoms with Gasteiger partial charge in [-0.15, -0.1) is 0 Å². The molecule has 0 bridgehead atoms. The van der Waals surface area contributed by atoms with Crippen LogP contribution in [0, 0.1) is 13.8 Å². The summed E-state index contributed by atoms with van der Waals surface area (Å²) in [4.78, 5) is 8.96. The van der Waals surface area contributed by atoms with Crippen LogP contribution in [-0.2, 0) is 11.4 Å². The fraction of sp³-hybridized carbons (Fsp3) is 0.200. The van der Waals surface area contributed by atoms with E-state index in [0.29, 0.717) is 18.1 Å². The number of oxime groups is 1. The molecule has 25 heavy (non-hydrogen) atoms. The van der Waals surface area contributed by atoms with Crippen LogP contribution in [0.1, 0.15) is 28.0 Å². The number of nitrogens with zero attached hydrogens (tertiary/aromatic N) is 2. The van der Waals surface area contributed by atoms with E-state index in [1.807, 2.05) is 44.2 Å². The Bertz CT molecular complexity index is 870. The quantitative estimate of drug-likeness (QED) is 0.498. The topological polar surface area (TPSA) is 56.9 Å². The fourth-order valence-electron chi connectivity index (χ4n) is 2.55. The van der Waals surface area contributed by atoms with Gasteiger partial charge in [0, 0.05) is 5.56 Å². The molecule has 0 aliphatic heterocycles. The Balaban J connectivity index is 1.90. The van der Waals surface area contributed by atoms with Crippen molar-refractivity contribution < 1.29 is 14.0 Å². The van der Waals surface area contributed by atoms with Gasteiger partial charge in [-0.1, -0.05) is 41.6 Å². The zero-order valence-corrected chi connectivity index (χ0v) is 14.5. The minimum Gasteiger partial charge on any atom is -0.489 e. The molecule has 0 atom stereocenters. The predicted molar refractivity (Wildman–Crippen MR) is 95.8 cm³/mol. The fourth-order valence-corrected chi connectivity index (χ4v) is 2.55. The molecule has 5 heteroatoms. The maximum atomic E-state index is 6.05. The first kappa shape index (κ1) is 16.8. The first-order valence-corrected chi connectivity index (χ1v) is 7.97. The van der Waals surface area contributed by atoms with E-state index >= 15 is 0 Å². The average molecular weight is 336 g/mol. The third kappa shape index (κ3) is 3.88. The molecule has 2 aromatic carbocycles. The van der Waals surface area contributed by atoms with E-state index in [1.165, 1.54) is 13.5 Å². The monoisotopic (exact) mass is 336 g/mol.